The van der Waals surface area contributed by atoms with Crippen LogP contribution in [0.2, 0.25) is 0 Å². The normalized spacial score (nSPS) is 12.0. The van der Waals surface area contributed by atoms with Crippen LogP contribution >= 0.6 is 0 Å². The Labute approximate surface area is 95.2 Å². The molecule has 0 aliphatic heterocycles. The van der Waals surface area contributed by atoms with E-state index in [-0.39, 0.29) is 0 Å². The van der Waals surface area contributed by atoms with Crippen molar-refractivity contribution in [2.75, 3.05) is 74.5 Å². The summed E-state index contributed by atoms with van der Waals surface area (Å²) in [5.41, 5.74) is 0. The molecule has 0 atom stereocenters. The van der Waals surface area contributed by atoms with E-state index in [1.54, 1.807) is 0 Å². The molecule has 0 aromatic heterocycles. The Kier molecular flexibility index (Phi) is 9.00. The first-order chi connectivity index (χ1) is 7.06. The average molecular weight is 216 g/mol. The molecule has 0 radical (unpaired) electrons. The van der Waals surface area contributed by atoms with Gasteiger partial charge in [0.2, 0.25) is 0 Å². The van der Waals surface area contributed by atoms with Crippen LogP contribution in [0.15, 0.2) is 0 Å². The Bertz CT molecular complexity index is 125. The lowest BCUT2D eigenvalue weighted by atomic mass is 10.4. The monoisotopic (exact) mass is 216 g/mol. The fraction of sp³-hybridized carbons (Fsp3) is 1.00. The molecule has 0 aliphatic carbocycles. The van der Waals surface area contributed by atoms with Gasteiger partial charge in [-0.2, -0.15) is 0 Å². The number of rotatable bonds is 9. The molecular weight excluding hydrogens is 188 g/mol. The van der Waals surface area contributed by atoms with Crippen molar-refractivity contribution in [3.8, 4) is 0 Å². The first-order valence-corrected chi connectivity index (χ1v) is 5.72. The van der Waals surface area contributed by atoms with E-state index in [1.807, 2.05) is 7.05 Å². The maximum Gasteiger partial charge on any atom is 0.0110 e. The molecule has 0 aliphatic rings. The maximum atomic E-state index is 3.20. The van der Waals surface area contributed by atoms with E-state index in [9.17, 15) is 0 Å². The summed E-state index contributed by atoms with van der Waals surface area (Å²) in [6.45, 7) is 6.79. The first kappa shape index (κ1) is 14.8. The smallest absolute Gasteiger partial charge is 0.0110 e. The van der Waals surface area contributed by atoms with E-state index >= 15 is 0 Å². The predicted octanol–water partition coefficient (Wildman–Crippen LogP) is -0.369. The van der Waals surface area contributed by atoms with Gasteiger partial charge in [0.25, 0.3) is 0 Å². The molecule has 0 aromatic carbocycles. The molecule has 4 nitrogen and oxygen atoms in total. The van der Waals surface area contributed by atoms with Gasteiger partial charge in [-0.15, -0.1) is 0 Å². The van der Waals surface area contributed by atoms with Crippen LogP contribution in [0.25, 0.3) is 0 Å². The summed E-state index contributed by atoms with van der Waals surface area (Å²) in [6, 6.07) is 0. The van der Waals surface area contributed by atoms with Crippen molar-refractivity contribution in [1.29, 1.82) is 0 Å². The van der Waals surface area contributed by atoms with Crippen molar-refractivity contribution in [1.82, 2.24) is 20.0 Å². The molecule has 0 bridgehead atoms. The van der Waals surface area contributed by atoms with Gasteiger partial charge in [-0.25, -0.2) is 0 Å². The largest absolute Gasteiger partial charge is 0.318 e. The SMILES string of the molecule is CNCCN(CCN(C)C)CCN(C)C. The molecule has 0 rings (SSSR count). The average Bonchev–Trinajstić information content (AvgIpc) is 2.16. The van der Waals surface area contributed by atoms with E-state index < -0.39 is 0 Å². The Balaban J connectivity index is 3.73. The quantitative estimate of drug-likeness (QED) is 0.568. The summed E-state index contributed by atoms with van der Waals surface area (Å²) in [7, 11) is 10.5. The minimum atomic E-state index is 1.07. The van der Waals surface area contributed by atoms with Gasteiger partial charge in [-0.3, -0.25) is 4.90 Å². The first-order valence-electron chi connectivity index (χ1n) is 5.72. The van der Waals surface area contributed by atoms with Gasteiger partial charge in [0, 0.05) is 39.3 Å². The zero-order valence-corrected chi connectivity index (χ0v) is 11.1. The van der Waals surface area contributed by atoms with Crippen molar-refractivity contribution in [3.05, 3.63) is 0 Å². The summed E-state index contributed by atoms with van der Waals surface area (Å²) >= 11 is 0. The number of likely N-dealkylation sites (N-methyl/N-ethyl adjacent to an activating group) is 3. The highest BCUT2D eigenvalue weighted by Crippen LogP contribution is 1.89. The molecule has 0 saturated heterocycles. The van der Waals surface area contributed by atoms with Crippen LogP contribution in [-0.4, -0.2) is 89.2 Å². The fourth-order valence-electron chi connectivity index (χ4n) is 1.29. The van der Waals surface area contributed by atoms with E-state index in [1.165, 1.54) is 0 Å². The maximum absolute atomic E-state index is 3.20. The zero-order chi connectivity index (χ0) is 11.7. The van der Waals surface area contributed by atoms with Gasteiger partial charge in [0.15, 0.2) is 0 Å². The van der Waals surface area contributed by atoms with Crippen LogP contribution < -0.4 is 5.32 Å². The van der Waals surface area contributed by atoms with Gasteiger partial charge in [0.05, 0.1) is 0 Å². The Hall–Kier alpha value is -0.160. The molecule has 0 spiro atoms. The molecule has 0 aromatic rings. The van der Waals surface area contributed by atoms with Gasteiger partial charge in [-0.1, -0.05) is 0 Å². The highest BCUT2D eigenvalue weighted by molar-refractivity contribution is 4.62. The van der Waals surface area contributed by atoms with Gasteiger partial charge in [-0.05, 0) is 35.2 Å². The molecule has 15 heavy (non-hydrogen) atoms. The van der Waals surface area contributed by atoms with E-state index in [0.717, 1.165) is 39.3 Å². The summed E-state index contributed by atoms with van der Waals surface area (Å²) < 4.78 is 0. The summed E-state index contributed by atoms with van der Waals surface area (Å²) in [4.78, 5) is 6.99. The molecular formula is C11H28N4. The summed E-state index contributed by atoms with van der Waals surface area (Å²) in [5, 5.41) is 3.20. The Morgan fingerprint density at radius 3 is 1.53 bits per heavy atom. The second kappa shape index (κ2) is 9.09. The van der Waals surface area contributed by atoms with Crippen LogP contribution in [0.5, 0.6) is 0 Å². The van der Waals surface area contributed by atoms with E-state index in [2.05, 4.69) is 48.2 Å². The third-order valence-corrected chi connectivity index (χ3v) is 2.40. The molecule has 0 heterocycles. The van der Waals surface area contributed by atoms with Gasteiger partial charge in [0.1, 0.15) is 0 Å². The zero-order valence-electron chi connectivity index (χ0n) is 11.1. The molecule has 4 heteroatoms. The van der Waals surface area contributed by atoms with Crippen LogP contribution in [-0.2, 0) is 0 Å². The van der Waals surface area contributed by atoms with E-state index in [0.29, 0.717) is 0 Å². The highest BCUT2D eigenvalue weighted by Gasteiger charge is 2.04. The third kappa shape index (κ3) is 10.1. The number of hydrogen-bond donors (Lipinski definition) is 1. The fourth-order valence-corrected chi connectivity index (χ4v) is 1.29. The van der Waals surface area contributed by atoms with Crippen LogP contribution in [0.4, 0.5) is 0 Å². The third-order valence-electron chi connectivity index (χ3n) is 2.40. The molecule has 0 saturated carbocycles. The van der Waals surface area contributed by atoms with E-state index in [4.69, 9.17) is 0 Å². The number of hydrogen-bond acceptors (Lipinski definition) is 4. The second-order valence-electron chi connectivity index (χ2n) is 4.55. The Morgan fingerprint density at radius 2 is 1.20 bits per heavy atom. The van der Waals surface area contributed by atoms with Crippen molar-refractivity contribution in [2.45, 2.75) is 0 Å². The molecule has 0 unspecified atom stereocenters. The minimum Gasteiger partial charge on any atom is -0.318 e. The van der Waals surface area contributed by atoms with Crippen molar-refractivity contribution in [3.63, 3.8) is 0 Å². The molecule has 0 amide bonds. The predicted molar refractivity (Wildman–Crippen MR) is 67.5 cm³/mol. The number of nitrogens with one attached hydrogen (secondary N) is 1. The van der Waals surface area contributed by atoms with Crippen LogP contribution in [0.3, 0.4) is 0 Å². The van der Waals surface area contributed by atoms with Crippen LogP contribution in [0, 0.1) is 0 Å². The Morgan fingerprint density at radius 1 is 0.733 bits per heavy atom. The topological polar surface area (TPSA) is 21.8 Å². The lowest BCUT2D eigenvalue weighted by molar-refractivity contribution is 0.220. The summed E-state index contributed by atoms with van der Waals surface area (Å²) in [6.07, 6.45) is 0. The minimum absolute atomic E-state index is 1.07. The van der Waals surface area contributed by atoms with Gasteiger partial charge >= 0.3 is 0 Å². The van der Waals surface area contributed by atoms with Crippen molar-refractivity contribution < 1.29 is 0 Å². The van der Waals surface area contributed by atoms with Gasteiger partial charge < -0.3 is 15.1 Å². The van der Waals surface area contributed by atoms with Crippen molar-refractivity contribution in [2.24, 2.45) is 0 Å². The lowest BCUT2D eigenvalue weighted by Gasteiger charge is -2.25. The number of nitrogens with zero attached hydrogens (tertiary/aromatic N) is 3. The molecule has 92 valence electrons. The second-order valence-corrected chi connectivity index (χ2v) is 4.55. The molecule has 1 N–H and O–H groups in total. The standard InChI is InChI=1S/C11H28N4/c1-12-6-7-15(10-8-13(2)3)11-9-14(4)5/h12H,6-11H2,1-5H3. The molecule has 0 fully saturated rings. The summed E-state index contributed by atoms with van der Waals surface area (Å²) in [5.74, 6) is 0. The lowest BCUT2D eigenvalue weighted by Crippen LogP contribution is -2.39. The van der Waals surface area contributed by atoms with Crippen molar-refractivity contribution >= 4 is 0 Å². The highest BCUT2D eigenvalue weighted by atomic mass is 15.2. The van der Waals surface area contributed by atoms with Crippen LogP contribution in [0.1, 0.15) is 0 Å².